The summed E-state index contributed by atoms with van der Waals surface area (Å²) in [5, 5.41) is -0.763. The Hall–Kier alpha value is -2.43. The zero-order valence-corrected chi connectivity index (χ0v) is 26.6. The molecule has 2 saturated heterocycles. The highest BCUT2D eigenvalue weighted by Gasteiger charge is 2.55. The Kier molecular flexibility index (Phi) is 8.79. The molecule has 1 N–H and O–H groups in total. The number of sulfonamides is 2. The molecule has 3 aliphatic rings. The van der Waals surface area contributed by atoms with E-state index >= 15 is 0 Å². The minimum absolute atomic E-state index is 0.172. The van der Waals surface area contributed by atoms with Crippen LogP contribution in [0.15, 0.2) is 47.4 Å². The van der Waals surface area contributed by atoms with Crippen molar-refractivity contribution in [1.82, 2.24) is 18.8 Å². The normalized spacial score (nSPS) is 23.8. The van der Waals surface area contributed by atoms with Crippen LogP contribution in [0.5, 0.6) is 0 Å². The van der Waals surface area contributed by atoms with Gasteiger partial charge in [0, 0.05) is 24.0 Å². The summed E-state index contributed by atoms with van der Waals surface area (Å²) in [6.07, 6.45) is -5.36. The van der Waals surface area contributed by atoms with Gasteiger partial charge in [-0.15, -0.1) is 0 Å². The number of nitrogens with zero attached hydrogens (tertiary/aromatic N) is 3. The average Bonchev–Trinajstić information content (AvgIpc) is 3.77. The monoisotopic (exact) mass is 696 g/mol. The van der Waals surface area contributed by atoms with Crippen LogP contribution in [-0.2, 0) is 42.2 Å². The van der Waals surface area contributed by atoms with E-state index in [1.165, 1.54) is 35.2 Å². The number of piperazine rings is 1. The summed E-state index contributed by atoms with van der Waals surface area (Å²) >= 11 is 12.3. The van der Waals surface area contributed by atoms with Crippen molar-refractivity contribution in [3.63, 3.8) is 0 Å². The average molecular weight is 698 g/mol. The number of rotatable bonds is 8. The maximum atomic E-state index is 14.2. The molecule has 0 bridgehead atoms. The Morgan fingerprint density at radius 1 is 0.955 bits per heavy atom. The molecule has 3 unspecified atom stereocenters. The van der Waals surface area contributed by atoms with Crippen LogP contribution in [0.4, 0.5) is 13.2 Å². The van der Waals surface area contributed by atoms with Crippen LogP contribution < -0.4 is 4.72 Å². The first-order chi connectivity index (χ1) is 20.4. The molecule has 240 valence electrons. The summed E-state index contributed by atoms with van der Waals surface area (Å²) in [6, 6.07) is 4.44. The van der Waals surface area contributed by atoms with Crippen molar-refractivity contribution in [1.29, 1.82) is 0 Å². The van der Waals surface area contributed by atoms with Crippen LogP contribution in [0.25, 0.3) is 0 Å². The van der Waals surface area contributed by atoms with E-state index < -0.39 is 79.7 Å². The molecule has 44 heavy (non-hydrogen) atoms. The first-order valence-corrected chi connectivity index (χ1v) is 17.4. The fourth-order valence-corrected chi connectivity index (χ4v) is 9.35. The molecular weight excluding hydrogens is 668 g/mol. The Morgan fingerprint density at radius 3 is 2.14 bits per heavy atom. The largest absolute Gasteiger partial charge is 0.416 e. The molecule has 5 rings (SSSR count). The second-order valence-electron chi connectivity index (χ2n) is 11.3. The van der Waals surface area contributed by atoms with Gasteiger partial charge in [-0.2, -0.15) is 17.5 Å². The molecule has 2 aromatic rings. The van der Waals surface area contributed by atoms with Gasteiger partial charge < -0.3 is 9.80 Å². The minimum atomic E-state index is -4.59. The first-order valence-electron chi connectivity index (χ1n) is 13.7. The second kappa shape index (κ2) is 11.7. The molecule has 1 saturated carbocycles. The number of halogens is 5. The van der Waals surface area contributed by atoms with E-state index in [1.54, 1.807) is 13.8 Å². The van der Waals surface area contributed by atoms with Crippen LogP contribution in [-0.4, -0.2) is 85.4 Å². The van der Waals surface area contributed by atoms with Crippen molar-refractivity contribution in [3.8, 4) is 0 Å². The predicted molar refractivity (Wildman–Crippen MR) is 156 cm³/mol. The summed E-state index contributed by atoms with van der Waals surface area (Å²) in [7, 11) is -8.53. The fourth-order valence-electron chi connectivity index (χ4n) is 5.50. The van der Waals surface area contributed by atoms with Crippen LogP contribution in [0.2, 0.25) is 10.0 Å². The van der Waals surface area contributed by atoms with Gasteiger partial charge >= 0.3 is 6.18 Å². The molecule has 17 heteroatoms. The summed E-state index contributed by atoms with van der Waals surface area (Å²) in [5.74, 6) is -1.38. The molecule has 0 radical (unpaired) electrons. The Labute approximate surface area is 263 Å². The highest BCUT2D eigenvalue weighted by molar-refractivity contribution is 7.90. The maximum Gasteiger partial charge on any atom is 0.416 e. The van der Waals surface area contributed by atoms with E-state index in [0.717, 1.165) is 21.3 Å². The number of alkyl halides is 3. The molecular formula is C27H29Cl2F3N4O6S2. The number of carbonyl (C=O) groups is 2. The Bertz CT molecular complexity index is 1690. The number of benzene rings is 2. The molecule has 1 aliphatic carbocycles. The number of hydrogen-bond donors (Lipinski definition) is 1. The SMILES string of the molecule is CC(C)N1CC2N(C(=O)C(NS(=O)(=O)C3CC3)CN2S(=O)(=O)c2ccc(Cl)cc2Cl)C(Cc2ccc(C(F)(F)F)cc2)C1=O. The second-order valence-corrected chi connectivity index (χ2v) is 16.0. The molecule has 2 aromatic carbocycles. The molecule has 2 amide bonds. The number of nitrogens with one attached hydrogen (secondary N) is 1. The highest BCUT2D eigenvalue weighted by atomic mass is 35.5. The lowest BCUT2D eigenvalue weighted by Crippen LogP contribution is -2.76. The van der Waals surface area contributed by atoms with Crippen molar-refractivity contribution in [2.75, 3.05) is 13.1 Å². The third kappa shape index (κ3) is 6.31. The van der Waals surface area contributed by atoms with Crippen molar-refractivity contribution in [3.05, 3.63) is 63.6 Å². The van der Waals surface area contributed by atoms with Gasteiger partial charge in [0.2, 0.25) is 31.9 Å². The van der Waals surface area contributed by atoms with Gasteiger partial charge in [-0.25, -0.2) is 21.6 Å². The van der Waals surface area contributed by atoms with E-state index in [2.05, 4.69) is 4.72 Å². The van der Waals surface area contributed by atoms with Crippen molar-refractivity contribution in [2.24, 2.45) is 0 Å². The summed E-state index contributed by atoms with van der Waals surface area (Å²) in [5.41, 5.74) is -0.622. The first kappa shape index (κ1) is 32.9. The van der Waals surface area contributed by atoms with E-state index in [-0.39, 0.29) is 33.5 Å². The topological polar surface area (TPSA) is 124 Å². The van der Waals surface area contributed by atoms with Gasteiger partial charge in [0.05, 0.1) is 22.4 Å². The molecule has 3 atom stereocenters. The summed E-state index contributed by atoms with van der Waals surface area (Å²) in [4.78, 5) is 30.0. The predicted octanol–water partition coefficient (Wildman–Crippen LogP) is 3.48. The molecule has 3 fully saturated rings. The quantitative estimate of drug-likeness (QED) is 0.451. The van der Waals surface area contributed by atoms with Gasteiger partial charge in [0.15, 0.2) is 0 Å². The number of amides is 2. The van der Waals surface area contributed by atoms with Crippen molar-refractivity contribution < 1.29 is 39.6 Å². The number of hydrogen-bond acceptors (Lipinski definition) is 6. The highest BCUT2D eigenvalue weighted by Crippen LogP contribution is 2.36. The van der Waals surface area contributed by atoms with Crippen LogP contribution >= 0.6 is 23.2 Å². The zero-order chi connectivity index (χ0) is 32.4. The van der Waals surface area contributed by atoms with Crippen LogP contribution in [0, 0.1) is 0 Å². The molecule has 10 nitrogen and oxygen atoms in total. The van der Waals surface area contributed by atoms with Gasteiger partial charge in [-0.1, -0.05) is 35.3 Å². The van der Waals surface area contributed by atoms with E-state index in [0.29, 0.717) is 12.8 Å². The Morgan fingerprint density at radius 2 is 1.59 bits per heavy atom. The molecule has 0 spiro atoms. The third-order valence-electron chi connectivity index (χ3n) is 7.92. The standard InChI is InChI=1S/C27H29Cl2F3N4O6S2/c1-15(2)34-14-24-35(44(41,42)23-10-7-18(28)12-20(23)29)13-21(33-43(39,40)19-8-9-19)25(37)36(24)22(26(34)38)11-16-3-5-17(6-4-16)27(30,31)32/h3-7,10,12,15,19,21-22,24,33H,8-9,11,13-14H2,1-2H3. The van der Waals surface area contributed by atoms with E-state index in [4.69, 9.17) is 23.2 Å². The van der Waals surface area contributed by atoms with Crippen LogP contribution in [0.3, 0.4) is 0 Å². The lowest BCUT2D eigenvalue weighted by atomic mass is 9.96. The van der Waals surface area contributed by atoms with Gasteiger partial charge in [0.25, 0.3) is 0 Å². The molecule has 0 aromatic heterocycles. The summed E-state index contributed by atoms with van der Waals surface area (Å²) < 4.78 is 97.0. The summed E-state index contributed by atoms with van der Waals surface area (Å²) in [6.45, 7) is 2.59. The molecule has 2 heterocycles. The minimum Gasteiger partial charge on any atom is -0.335 e. The van der Waals surface area contributed by atoms with Gasteiger partial charge in [0.1, 0.15) is 23.1 Å². The smallest absolute Gasteiger partial charge is 0.335 e. The van der Waals surface area contributed by atoms with Crippen molar-refractivity contribution in [2.45, 2.75) is 73.7 Å². The number of carbonyl (C=O) groups excluding carboxylic acids is 2. The van der Waals surface area contributed by atoms with Crippen LogP contribution in [0.1, 0.15) is 37.8 Å². The van der Waals surface area contributed by atoms with Gasteiger partial charge in [-0.3, -0.25) is 9.59 Å². The maximum absolute atomic E-state index is 14.2. The molecule has 2 aliphatic heterocycles. The third-order valence-corrected chi connectivity index (χ3v) is 12.5. The lowest BCUT2D eigenvalue weighted by molar-refractivity contribution is -0.168. The van der Waals surface area contributed by atoms with E-state index in [9.17, 15) is 39.6 Å². The van der Waals surface area contributed by atoms with Crippen molar-refractivity contribution >= 4 is 55.1 Å². The fraction of sp³-hybridized carbons (Fsp3) is 0.481. The number of fused-ring (bicyclic) bond motifs is 1. The lowest BCUT2D eigenvalue weighted by Gasteiger charge is -2.54. The Balaban J connectivity index is 1.61. The zero-order valence-electron chi connectivity index (χ0n) is 23.5. The van der Waals surface area contributed by atoms with Gasteiger partial charge in [-0.05, 0) is 62.6 Å². The van der Waals surface area contributed by atoms with E-state index in [1.807, 2.05) is 0 Å².